The second-order valence-corrected chi connectivity index (χ2v) is 9.03. The number of phenols is 2. The van der Waals surface area contributed by atoms with E-state index in [4.69, 9.17) is 0 Å². The molecule has 3 N–H and O–H groups in total. The van der Waals surface area contributed by atoms with Crippen molar-refractivity contribution in [1.29, 1.82) is 0 Å². The van der Waals surface area contributed by atoms with Crippen molar-refractivity contribution in [3.63, 3.8) is 0 Å². The molecule has 0 bridgehead atoms. The number of phenolic OH excluding ortho intramolecular Hbond substituents is 2. The van der Waals surface area contributed by atoms with Gasteiger partial charge in [-0.15, -0.1) is 0 Å². The second-order valence-electron chi connectivity index (χ2n) is 6.38. The van der Waals surface area contributed by atoms with Gasteiger partial charge in [-0.25, -0.2) is 8.42 Å². The molecule has 0 spiro atoms. The van der Waals surface area contributed by atoms with Crippen LogP contribution in [0, 0.1) is 6.92 Å². The van der Waals surface area contributed by atoms with Crippen LogP contribution in [0.15, 0.2) is 39.7 Å². The third-order valence-electron chi connectivity index (χ3n) is 4.66. The molecule has 2 aromatic rings. The third-order valence-corrected chi connectivity index (χ3v) is 7.26. The van der Waals surface area contributed by atoms with E-state index in [1.54, 1.807) is 24.3 Å². The highest BCUT2D eigenvalue weighted by Crippen LogP contribution is 2.51. The number of benzene rings is 2. The van der Waals surface area contributed by atoms with Crippen LogP contribution in [0.5, 0.6) is 11.5 Å². The highest BCUT2D eigenvalue weighted by Gasteiger charge is 2.37. The lowest BCUT2D eigenvalue weighted by molar-refractivity contribution is 0.271. The quantitative estimate of drug-likeness (QED) is 0.676. The topological polar surface area (TPSA) is 98.1 Å². The number of sulfonamides is 1. The van der Waals surface area contributed by atoms with E-state index in [0.717, 1.165) is 5.56 Å². The van der Waals surface area contributed by atoms with Gasteiger partial charge in [0.05, 0.1) is 15.1 Å². The molecule has 0 aliphatic carbocycles. The summed E-state index contributed by atoms with van der Waals surface area (Å²) in [4.78, 5) is 0.143. The average Bonchev–Trinajstić information content (AvgIpc) is 2.60. The van der Waals surface area contributed by atoms with Crippen LogP contribution in [-0.4, -0.2) is 36.9 Å². The first-order chi connectivity index (χ1) is 12.3. The molecule has 26 heavy (non-hydrogen) atoms. The van der Waals surface area contributed by atoms with Crippen molar-refractivity contribution in [2.75, 3.05) is 17.5 Å². The number of fused-ring (bicyclic) bond motifs is 1. The molecule has 0 saturated carbocycles. The molecule has 8 heteroatoms. The molecule has 2 aromatic carbocycles. The van der Waals surface area contributed by atoms with Crippen LogP contribution in [0.25, 0.3) is 0 Å². The van der Waals surface area contributed by atoms with E-state index >= 15 is 0 Å². The molecule has 3 rings (SSSR count). The van der Waals surface area contributed by atoms with Crippen LogP contribution in [0.2, 0.25) is 0 Å². The van der Waals surface area contributed by atoms with Gasteiger partial charge in [-0.05, 0) is 53.7 Å². The molecule has 0 amide bonds. The molecular formula is C18H20BrNO5S. The fourth-order valence-electron chi connectivity index (χ4n) is 3.33. The Morgan fingerprint density at radius 3 is 2.46 bits per heavy atom. The lowest BCUT2D eigenvalue weighted by Gasteiger charge is -2.36. The maximum Gasteiger partial charge on any atom is 0.264 e. The largest absolute Gasteiger partial charge is 0.507 e. The number of anilines is 1. The zero-order chi connectivity index (χ0) is 19.1. The number of hydrogen-bond donors (Lipinski definition) is 3. The van der Waals surface area contributed by atoms with Crippen molar-refractivity contribution >= 4 is 31.6 Å². The van der Waals surface area contributed by atoms with Gasteiger partial charge < -0.3 is 15.3 Å². The fourth-order valence-corrected chi connectivity index (χ4v) is 5.50. The van der Waals surface area contributed by atoms with E-state index in [2.05, 4.69) is 15.9 Å². The number of aryl methyl sites for hydroxylation is 1. The lowest BCUT2D eigenvalue weighted by atomic mass is 9.87. The van der Waals surface area contributed by atoms with Gasteiger partial charge in [0.25, 0.3) is 10.0 Å². The number of aliphatic hydroxyl groups is 1. The highest BCUT2D eigenvalue weighted by molar-refractivity contribution is 9.10. The summed E-state index contributed by atoms with van der Waals surface area (Å²) in [7, 11) is -3.87. The molecule has 1 aliphatic rings. The number of halogens is 1. The van der Waals surface area contributed by atoms with Gasteiger partial charge in [0.2, 0.25) is 0 Å². The first-order valence-electron chi connectivity index (χ1n) is 8.22. The number of aromatic hydroxyl groups is 2. The summed E-state index contributed by atoms with van der Waals surface area (Å²) in [6.07, 6.45) is 0.861. The van der Waals surface area contributed by atoms with Crippen LogP contribution in [0.3, 0.4) is 0 Å². The van der Waals surface area contributed by atoms with E-state index in [9.17, 15) is 23.7 Å². The fraction of sp³-hybridized carbons (Fsp3) is 0.333. The number of rotatable bonds is 4. The Morgan fingerprint density at radius 1 is 1.19 bits per heavy atom. The number of nitrogens with zero attached hydrogens (tertiary/aromatic N) is 1. The van der Waals surface area contributed by atoms with Gasteiger partial charge in [0.1, 0.15) is 11.5 Å². The molecule has 0 aromatic heterocycles. The van der Waals surface area contributed by atoms with Crippen molar-refractivity contribution in [3.05, 3.63) is 45.9 Å². The minimum Gasteiger partial charge on any atom is -0.507 e. The van der Waals surface area contributed by atoms with E-state index in [1.807, 2.05) is 6.92 Å². The average molecular weight is 442 g/mol. The van der Waals surface area contributed by atoms with Crippen LogP contribution in [-0.2, 0) is 10.0 Å². The van der Waals surface area contributed by atoms with E-state index in [-0.39, 0.29) is 45.6 Å². The van der Waals surface area contributed by atoms with E-state index in [0.29, 0.717) is 18.4 Å². The predicted octanol–water partition coefficient (Wildman–Crippen LogP) is 3.23. The smallest absolute Gasteiger partial charge is 0.264 e. The Hall–Kier alpha value is -1.77. The van der Waals surface area contributed by atoms with Crippen molar-refractivity contribution in [2.24, 2.45) is 0 Å². The van der Waals surface area contributed by atoms with Crippen LogP contribution in [0.1, 0.15) is 29.9 Å². The summed E-state index contributed by atoms with van der Waals surface area (Å²) in [6.45, 7) is 1.99. The molecule has 0 radical (unpaired) electrons. The zero-order valence-corrected chi connectivity index (χ0v) is 16.6. The van der Waals surface area contributed by atoms with Crippen molar-refractivity contribution in [3.8, 4) is 11.5 Å². The Labute approximate surface area is 160 Å². The van der Waals surface area contributed by atoms with Crippen molar-refractivity contribution < 1.29 is 23.7 Å². The highest BCUT2D eigenvalue weighted by atomic mass is 79.9. The molecule has 0 saturated heterocycles. The van der Waals surface area contributed by atoms with E-state index in [1.165, 1.54) is 10.4 Å². The molecular weight excluding hydrogens is 422 g/mol. The maximum absolute atomic E-state index is 13.2. The van der Waals surface area contributed by atoms with Gasteiger partial charge >= 0.3 is 0 Å². The van der Waals surface area contributed by atoms with Gasteiger partial charge in [-0.2, -0.15) is 0 Å². The van der Waals surface area contributed by atoms with Crippen molar-refractivity contribution in [2.45, 2.75) is 30.6 Å². The molecule has 140 valence electrons. The van der Waals surface area contributed by atoms with Crippen LogP contribution < -0.4 is 4.31 Å². The summed E-state index contributed by atoms with van der Waals surface area (Å²) in [5.41, 5.74) is 1.60. The van der Waals surface area contributed by atoms with Gasteiger partial charge in [0.15, 0.2) is 0 Å². The SMILES string of the molecule is Cc1ccc(S(=O)(=O)N2CC[C@@H](CCO)c3c(O)cc(O)c(Br)c32)cc1. The molecule has 6 nitrogen and oxygen atoms in total. The first-order valence-corrected chi connectivity index (χ1v) is 10.4. The Kier molecular flexibility index (Phi) is 5.18. The zero-order valence-electron chi connectivity index (χ0n) is 14.2. The Morgan fingerprint density at radius 2 is 1.85 bits per heavy atom. The third kappa shape index (κ3) is 3.17. The monoisotopic (exact) mass is 441 g/mol. The molecule has 1 aliphatic heterocycles. The Bertz CT molecular complexity index is 928. The van der Waals surface area contributed by atoms with Gasteiger partial charge in [0, 0.05) is 24.8 Å². The van der Waals surface area contributed by atoms with Crippen LogP contribution in [0.4, 0.5) is 5.69 Å². The molecule has 1 atom stereocenters. The predicted molar refractivity (Wildman–Crippen MR) is 102 cm³/mol. The first kappa shape index (κ1) is 19.0. The normalized spacial score (nSPS) is 17.2. The maximum atomic E-state index is 13.2. The summed E-state index contributed by atoms with van der Waals surface area (Å²) in [5, 5.41) is 29.8. The van der Waals surface area contributed by atoms with Crippen LogP contribution >= 0.6 is 15.9 Å². The molecule has 0 unspecified atom stereocenters. The number of hydrogen-bond acceptors (Lipinski definition) is 5. The molecule has 1 heterocycles. The van der Waals surface area contributed by atoms with Crippen molar-refractivity contribution in [1.82, 2.24) is 0 Å². The summed E-state index contributed by atoms with van der Waals surface area (Å²) in [5.74, 6) is -0.616. The minimum absolute atomic E-state index is 0.0766. The second kappa shape index (κ2) is 7.09. The standard InChI is InChI=1S/C18H20BrNO5S/c1-11-2-4-13(5-3-11)26(24,25)20-8-6-12(7-9-21)16-14(22)10-15(23)17(19)18(16)20/h2-5,10,12,21-23H,6-9H2,1H3/t12-/m0/s1. The van der Waals surface area contributed by atoms with Gasteiger partial charge in [-0.1, -0.05) is 17.7 Å². The summed E-state index contributed by atoms with van der Waals surface area (Å²) in [6, 6.07) is 7.72. The lowest BCUT2D eigenvalue weighted by Crippen LogP contribution is -2.37. The summed E-state index contributed by atoms with van der Waals surface area (Å²) >= 11 is 3.27. The molecule has 0 fully saturated rings. The van der Waals surface area contributed by atoms with Gasteiger partial charge in [-0.3, -0.25) is 4.31 Å². The minimum atomic E-state index is -3.87. The summed E-state index contributed by atoms with van der Waals surface area (Å²) < 4.78 is 27.8. The Balaban J connectivity index is 2.19. The van der Waals surface area contributed by atoms with E-state index < -0.39 is 10.0 Å². The number of aliphatic hydroxyl groups excluding tert-OH is 1.